The lowest BCUT2D eigenvalue weighted by atomic mass is 10.2. The molecular weight excluding hydrogens is 234 g/mol. The molecule has 0 aromatic carbocycles. The molecule has 0 bridgehead atoms. The molecule has 1 rings (SSSR count). The molecule has 1 atom stereocenters. The standard InChI is InChI=1S/C10H12ClNO2S/c1-6(11)10(14)9-4-3-8(15-9)5-12-7(2)13/h3-4,6H,5H2,1-2H3,(H,12,13)/t6-/m1/s1. The highest BCUT2D eigenvalue weighted by molar-refractivity contribution is 7.14. The number of nitrogens with one attached hydrogen (secondary N) is 1. The molecule has 0 aliphatic carbocycles. The van der Waals surface area contributed by atoms with Crippen molar-refractivity contribution in [2.24, 2.45) is 0 Å². The highest BCUT2D eigenvalue weighted by Crippen LogP contribution is 2.19. The summed E-state index contributed by atoms with van der Waals surface area (Å²) in [4.78, 5) is 23.7. The summed E-state index contributed by atoms with van der Waals surface area (Å²) >= 11 is 7.05. The van der Waals surface area contributed by atoms with Gasteiger partial charge in [0.25, 0.3) is 0 Å². The van der Waals surface area contributed by atoms with Gasteiger partial charge in [-0.25, -0.2) is 0 Å². The lowest BCUT2D eigenvalue weighted by molar-refractivity contribution is -0.119. The summed E-state index contributed by atoms with van der Waals surface area (Å²) in [5.74, 6) is -0.155. The number of rotatable bonds is 4. The van der Waals surface area contributed by atoms with Gasteiger partial charge in [-0.15, -0.1) is 22.9 Å². The second kappa shape index (κ2) is 5.28. The Kier molecular flexibility index (Phi) is 4.29. The molecule has 3 nitrogen and oxygen atoms in total. The van der Waals surface area contributed by atoms with Crippen LogP contribution in [0.2, 0.25) is 0 Å². The molecule has 5 heteroatoms. The zero-order valence-corrected chi connectivity index (χ0v) is 10.1. The predicted molar refractivity (Wildman–Crippen MR) is 61.5 cm³/mol. The normalized spacial score (nSPS) is 12.2. The van der Waals surface area contributed by atoms with E-state index in [1.54, 1.807) is 13.0 Å². The molecule has 0 saturated heterocycles. The van der Waals surface area contributed by atoms with Gasteiger partial charge < -0.3 is 5.32 Å². The Bertz CT molecular complexity index is 373. The van der Waals surface area contributed by atoms with Gasteiger partial charge in [-0.1, -0.05) is 0 Å². The number of carbonyl (C=O) groups is 2. The van der Waals surface area contributed by atoms with Gasteiger partial charge in [-0.05, 0) is 19.1 Å². The third-order valence-corrected chi connectivity index (χ3v) is 3.08. The van der Waals surface area contributed by atoms with Gasteiger partial charge in [-0.2, -0.15) is 0 Å². The lowest BCUT2D eigenvalue weighted by Gasteiger charge is -1.98. The summed E-state index contributed by atoms with van der Waals surface area (Å²) in [5, 5.41) is 2.17. The van der Waals surface area contributed by atoms with Crippen LogP contribution in [0.5, 0.6) is 0 Å². The van der Waals surface area contributed by atoms with Crippen LogP contribution in [0.15, 0.2) is 12.1 Å². The summed E-state index contributed by atoms with van der Waals surface area (Å²) in [7, 11) is 0. The van der Waals surface area contributed by atoms with Crippen LogP contribution in [0.3, 0.4) is 0 Å². The van der Waals surface area contributed by atoms with Crippen LogP contribution in [0.1, 0.15) is 28.4 Å². The smallest absolute Gasteiger partial charge is 0.217 e. The van der Waals surface area contributed by atoms with Crippen molar-refractivity contribution in [3.63, 3.8) is 0 Å². The van der Waals surface area contributed by atoms with Crippen LogP contribution in [-0.2, 0) is 11.3 Å². The Morgan fingerprint density at radius 2 is 2.20 bits per heavy atom. The van der Waals surface area contributed by atoms with Crippen molar-refractivity contribution in [3.05, 3.63) is 21.9 Å². The van der Waals surface area contributed by atoms with Gasteiger partial charge in [0.2, 0.25) is 5.91 Å². The summed E-state index contributed by atoms with van der Waals surface area (Å²) in [5.41, 5.74) is 0. The molecule has 82 valence electrons. The van der Waals surface area contributed by atoms with Crippen molar-refractivity contribution in [1.82, 2.24) is 5.32 Å². The van der Waals surface area contributed by atoms with Crippen LogP contribution in [0.4, 0.5) is 0 Å². The third kappa shape index (κ3) is 3.64. The van der Waals surface area contributed by atoms with E-state index in [0.29, 0.717) is 11.4 Å². The summed E-state index contributed by atoms with van der Waals surface area (Å²) in [6.07, 6.45) is 0. The van der Waals surface area contributed by atoms with Crippen molar-refractivity contribution < 1.29 is 9.59 Å². The average Bonchev–Trinajstić information content (AvgIpc) is 2.61. The van der Waals surface area contributed by atoms with Crippen molar-refractivity contribution in [1.29, 1.82) is 0 Å². The van der Waals surface area contributed by atoms with E-state index in [1.165, 1.54) is 18.3 Å². The number of carbonyl (C=O) groups excluding carboxylic acids is 2. The maximum atomic E-state index is 11.5. The van der Waals surface area contributed by atoms with E-state index in [0.717, 1.165) is 4.88 Å². The first-order valence-electron chi connectivity index (χ1n) is 4.52. The van der Waals surface area contributed by atoms with E-state index in [1.807, 2.05) is 6.07 Å². The van der Waals surface area contributed by atoms with Gasteiger partial charge in [0.15, 0.2) is 5.78 Å². The fourth-order valence-electron chi connectivity index (χ4n) is 1.01. The van der Waals surface area contributed by atoms with Gasteiger partial charge in [0.05, 0.1) is 16.8 Å². The quantitative estimate of drug-likeness (QED) is 0.653. The second-order valence-electron chi connectivity index (χ2n) is 3.16. The average molecular weight is 246 g/mol. The second-order valence-corrected chi connectivity index (χ2v) is 4.98. The lowest BCUT2D eigenvalue weighted by Crippen LogP contribution is -2.18. The first-order chi connectivity index (χ1) is 7.00. The fraction of sp³-hybridized carbons (Fsp3) is 0.400. The molecule has 1 aromatic rings. The Morgan fingerprint density at radius 1 is 1.53 bits per heavy atom. The number of hydrogen-bond donors (Lipinski definition) is 1. The Morgan fingerprint density at radius 3 is 2.73 bits per heavy atom. The predicted octanol–water partition coefficient (Wildman–Crippen LogP) is 2.19. The Hall–Kier alpha value is -0.870. The number of halogens is 1. The van der Waals surface area contributed by atoms with Crippen LogP contribution in [-0.4, -0.2) is 17.1 Å². The maximum Gasteiger partial charge on any atom is 0.217 e. The minimum Gasteiger partial charge on any atom is -0.351 e. The summed E-state index contributed by atoms with van der Waals surface area (Å²) < 4.78 is 0. The van der Waals surface area contributed by atoms with E-state index in [4.69, 9.17) is 11.6 Å². The van der Waals surface area contributed by atoms with Crippen molar-refractivity contribution in [2.75, 3.05) is 0 Å². The molecular formula is C10H12ClNO2S. The van der Waals surface area contributed by atoms with E-state index in [2.05, 4.69) is 5.32 Å². The monoisotopic (exact) mass is 245 g/mol. The largest absolute Gasteiger partial charge is 0.351 e. The number of hydrogen-bond acceptors (Lipinski definition) is 3. The van der Waals surface area contributed by atoms with Gasteiger partial charge in [0.1, 0.15) is 0 Å². The number of thiophene rings is 1. The van der Waals surface area contributed by atoms with Gasteiger partial charge >= 0.3 is 0 Å². The highest BCUT2D eigenvalue weighted by Gasteiger charge is 2.14. The molecule has 1 amide bonds. The van der Waals surface area contributed by atoms with E-state index >= 15 is 0 Å². The van der Waals surface area contributed by atoms with Crippen LogP contribution in [0.25, 0.3) is 0 Å². The van der Waals surface area contributed by atoms with E-state index in [-0.39, 0.29) is 11.7 Å². The first kappa shape index (κ1) is 12.2. The molecule has 1 N–H and O–H groups in total. The minimum absolute atomic E-state index is 0.0734. The van der Waals surface area contributed by atoms with Crippen LogP contribution >= 0.6 is 22.9 Å². The van der Waals surface area contributed by atoms with Crippen molar-refractivity contribution in [2.45, 2.75) is 25.8 Å². The third-order valence-electron chi connectivity index (χ3n) is 1.78. The zero-order valence-electron chi connectivity index (χ0n) is 8.54. The first-order valence-corrected chi connectivity index (χ1v) is 5.77. The number of Topliss-reactive ketones (excluding diaryl/α,β-unsaturated/α-hetero) is 1. The van der Waals surface area contributed by atoms with Crippen LogP contribution < -0.4 is 5.32 Å². The summed E-state index contributed by atoms with van der Waals surface area (Å²) in [6.45, 7) is 3.57. The van der Waals surface area contributed by atoms with E-state index < -0.39 is 5.38 Å². The molecule has 15 heavy (non-hydrogen) atoms. The maximum absolute atomic E-state index is 11.5. The fourth-order valence-corrected chi connectivity index (χ4v) is 2.17. The number of alkyl halides is 1. The van der Waals surface area contributed by atoms with Gasteiger partial charge in [-0.3, -0.25) is 9.59 Å². The SMILES string of the molecule is CC(=O)NCc1ccc(C(=O)[C@@H](C)Cl)s1. The topological polar surface area (TPSA) is 46.2 Å². The van der Waals surface area contributed by atoms with Crippen molar-refractivity contribution in [3.8, 4) is 0 Å². The molecule has 1 heterocycles. The Balaban J connectivity index is 2.64. The molecule has 0 aliphatic rings. The number of amides is 1. The summed E-state index contributed by atoms with van der Waals surface area (Å²) in [6, 6.07) is 3.57. The minimum atomic E-state index is -0.503. The molecule has 1 aromatic heterocycles. The molecule has 0 unspecified atom stereocenters. The molecule has 0 fully saturated rings. The van der Waals surface area contributed by atoms with Gasteiger partial charge in [0, 0.05) is 11.8 Å². The molecule has 0 radical (unpaired) electrons. The van der Waals surface area contributed by atoms with Crippen LogP contribution in [0, 0.1) is 0 Å². The van der Waals surface area contributed by atoms with Crippen molar-refractivity contribution >= 4 is 34.6 Å². The molecule has 0 aliphatic heterocycles. The molecule has 0 spiro atoms. The van der Waals surface area contributed by atoms with E-state index in [9.17, 15) is 9.59 Å². The number of ketones is 1. The molecule has 0 saturated carbocycles. The Labute approximate surface area is 97.4 Å². The zero-order chi connectivity index (χ0) is 11.4. The highest BCUT2D eigenvalue weighted by atomic mass is 35.5.